The average molecular weight is 324 g/mol. The normalized spacial score (nSPS) is 10.5. The van der Waals surface area contributed by atoms with Gasteiger partial charge in [0, 0.05) is 13.1 Å². The van der Waals surface area contributed by atoms with Gasteiger partial charge in [0.25, 0.3) is 0 Å². The van der Waals surface area contributed by atoms with Crippen molar-refractivity contribution in [1.29, 1.82) is 5.26 Å². The molecular formula is C20H24N2O2. The van der Waals surface area contributed by atoms with Gasteiger partial charge in [-0.2, -0.15) is 5.26 Å². The molecule has 0 saturated carbocycles. The molecule has 0 aliphatic rings. The Hall–Kier alpha value is -2.51. The van der Waals surface area contributed by atoms with Crippen molar-refractivity contribution in [2.75, 3.05) is 27.3 Å². The zero-order chi connectivity index (χ0) is 17.5. The standard InChI is InChI=1S/C20H24N2O2/c1-15-11-17(12-16(2)20(15)23-4)14-22(3)9-10-24-19-8-6-5-7-18(19)13-21/h5-8,11-12H,9-10,14H2,1-4H3. The number of para-hydroxylation sites is 1. The minimum absolute atomic E-state index is 0.545. The van der Waals surface area contributed by atoms with Crippen LogP contribution >= 0.6 is 0 Å². The van der Waals surface area contributed by atoms with Gasteiger partial charge in [-0.3, -0.25) is 4.90 Å². The summed E-state index contributed by atoms with van der Waals surface area (Å²) in [7, 11) is 3.77. The number of hydrogen-bond donors (Lipinski definition) is 0. The Labute approximate surface area is 144 Å². The zero-order valence-electron chi connectivity index (χ0n) is 14.8. The van der Waals surface area contributed by atoms with Crippen LogP contribution in [0.3, 0.4) is 0 Å². The van der Waals surface area contributed by atoms with Crippen molar-refractivity contribution in [3.05, 3.63) is 58.7 Å². The highest BCUT2D eigenvalue weighted by molar-refractivity contribution is 5.43. The average Bonchev–Trinajstić information content (AvgIpc) is 2.55. The summed E-state index contributed by atoms with van der Waals surface area (Å²) < 4.78 is 11.1. The highest BCUT2D eigenvalue weighted by Gasteiger charge is 2.08. The molecule has 0 aromatic heterocycles. The largest absolute Gasteiger partial charge is 0.496 e. The predicted molar refractivity (Wildman–Crippen MR) is 95.5 cm³/mol. The van der Waals surface area contributed by atoms with Crippen LogP contribution in [0.2, 0.25) is 0 Å². The van der Waals surface area contributed by atoms with Crippen LogP contribution in [-0.4, -0.2) is 32.2 Å². The molecule has 0 N–H and O–H groups in total. The number of nitrogens with zero attached hydrogens (tertiary/aromatic N) is 2. The summed E-state index contributed by atoms with van der Waals surface area (Å²) in [6.45, 7) is 6.30. The maximum absolute atomic E-state index is 9.07. The molecule has 0 aliphatic carbocycles. The fraction of sp³-hybridized carbons (Fsp3) is 0.350. The Balaban J connectivity index is 1.90. The van der Waals surface area contributed by atoms with Gasteiger partial charge in [-0.1, -0.05) is 24.3 Å². The molecule has 0 bridgehead atoms. The van der Waals surface area contributed by atoms with Gasteiger partial charge in [0.05, 0.1) is 12.7 Å². The molecule has 0 saturated heterocycles. The molecule has 4 nitrogen and oxygen atoms in total. The molecular weight excluding hydrogens is 300 g/mol. The monoisotopic (exact) mass is 324 g/mol. The van der Waals surface area contributed by atoms with Crippen molar-refractivity contribution in [3.8, 4) is 17.6 Å². The van der Waals surface area contributed by atoms with Gasteiger partial charge in [0.15, 0.2) is 0 Å². The van der Waals surface area contributed by atoms with Crippen molar-refractivity contribution in [1.82, 2.24) is 4.90 Å². The van der Waals surface area contributed by atoms with E-state index in [2.05, 4.69) is 44.0 Å². The molecule has 0 amide bonds. The maximum atomic E-state index is 9.07. The Morgan fingerprint density at radius 2 is 1.79 bits per heavy atom. The van der Waals surface area contributed by atoms with Crippen LogP contribution in [-0.2, 0) is 6.54 Å². The first-order chi connectivity index (χ1) is 11.5. The minimum atomic E-state index is 0.545. The Morgan fingerprint density at radius 1 is 1.12 bits per heavy atom. The number of methoxy groups -OCH3 is 1. The van der Waals surface area contributed by atoms with Crippen molar-refractivity contribution in [2.24, 2.45) is 0 Å². The highest BCUT2D eigenvalue weighted by atomic mass is 16.5. The lowest BCUT2D eigenvalue weighted by Gasteiger charge is -2.19. The molecule has 126 valence electrons. The lowest BCUT2D eigenvalue weighted by atomic mass is 10.1. The second-order valence-corrected chi connectivity index (χ2v) is 5.96. The summed E-state index contributed by atoms with van der Waals surface area (Å²) in [6, 6.07) is 13.8. The molecule has 0 unspecified atom stereocenters. The number of benzene rings is 2. The van der Waals surface area contributed by atoms with E-state index in [-0.39, 0.29) is 0 Å². The highest BCUT2D eigenvalue weighted by Crippen LogP contribution is 2.24. The first-order valence-corrected chi connectivity index (χ1v) is 7.99. The van der Waals surface area contributed by atoms with Crippen LogP contribution in [0.4, 0.5) is 0 Å². The van der Waals surface area contributed by atoms with Crippen molar-refractivity contribution in [2.45, 2.75) is 20.4 Å². The zero-order valence-corrected chi connectivity index (χ0v) is 14.8. The number of aryl methyl sites for hydroxylation is 2. The van der Waals surface area contributed by atoms with Gasteiger partial charge in [0.2, 0.25) is 0 Å². The van der Waals surface area contributed by atoms with Gasteiger partial charge >= 0.3 is 0 Å². The first-order valence-electron chi connectivity index (χ1n) is 7.99. The third-order valence-electron chi connectivity index (χ3n) is 3.91. The van der Waals surface area contributed by atoms with Gasteiger partial charge < -0.3 is 9.47 Å². The summed E-state index contributed by atoms with van der Waals surface area (Å²) in [5.74, 6) is 1.60. The number of nitriles is 1. The molecule has 2 rings (SSSR count). The van der Waals surface area contributed by atoms with Gasteiger partial charge in [-0.05, 0) is 49.7 Å². The van der Waals surface area contributed by atoms with E-state index in [1.54, 1.807) is 13.2 Å². The van der Waals surface area contributed by atoms with E-state index in [0.717, 1.165) is 30.0 Å². The van der Waals surface area contributed by atoms with Crippen LogP contribution in [0.1, 0.15) is 22.3 Å². The van der Waals surface area contributed by atoms with Crippen molar-refractivity contribution >= 4 is 0 Å². The van der Waals surface area contributed by atoms with Gasteiger partial charge in [-0.25, -0.2) is 0 Å². The van der Waals surface area contributed by atoms with E-state index < -0.39 is 0 Å². The maximum Gasteiger partial charge on any atom is 0.137 e. The first kappa shape index (κ1) is 17.8. The van der Waals surface area contributed by atoms with Crippen LogP contribution in [0.5, 0.6) is 11.5 Å². The molecule has 24 heavy (non-hydrogen) atoms. The number of ether oxygens (including phenoxy) is 2. The smallest absolute Gasteiger partial charge is 0.137 e. The van der Waals surface area contributed by atoms with Crippen LogP contribution in [0.15, 0.2) is 36.4 Å². The second kappa shape index (κ2) is 8.37. The molecule has 2 aromatic carbocycles. The van der Waals surface area contributed by atoms with Crippen LogP contribution in [0.25, 0.3) is 0 Å². The molecule has 0 atom stereocenters. The SMILES string of the molecule is COc1c(C)cc(CN(C)CCOc2ccccc2C#N)cc1C. The van der Waals surface area contributed by atoms with E-state index in [1.807, 2.05) is 18.2 Å². The Morgan fingerprint density at radius 3 is 2.42 bits per heavy atom. The lowest BCUT2D eigenvalue weighted by molar-refractivity contribution is 0.232. The van der Waals surface area contributed by atoms with E-state index in [0.29, 0.717) is 17.9 Å². The van der Waals surface area contributed by atoms with Gasteiger partial charge in [0.1, 0.15) is 24.2 Å². The predicted octanol–water partition coefficient (Wildman–Crippen LogP) is 3.69. The Bertz CT molecular complexity index is 712. The summed E-state index contributed by atoms with van der Waals surface area (Å²) in [5.41, 5.74) is 4.13. The molecule has 0 aliphatic heterocycles. The topological polar surface area (TPSA) is 45.5 Å². The summed E-state index contributed by atoms with van der Waals surface area (Å²) in [4.78, 5) is 2.20. The molecule has 0 fully saturated rings. The summed E-state index contributed by atoms with van der Waals surface area (Å²) >= 11 is 0. The van der Waals surface area contributed by atoms with Crippen molar-refractivity contribution < 1.29 is 9.47 Å². The minimum Gasteiger partial charge on any atom is -0.496 e. The molecule has 4 heteroatoms. The van der Waals surface area contributed by atoms with E-state index in [1.165, 1.54) is 5.56 Å². The number of hydrogen-bond acceptors (Lipinski definition) is 4. The fourth-order valence-corrected chi connectivity index (χ4v) is 2.84. The van der Waals surface area contributed by atoms with E-state index >= 15 is 0 Å². The second-order valence-electron chi connectivity index (χ2n) is 5.96. The molecule has 2 aromatic rings. The van der Waals surface area contributed by atoms with Gasteiger partial charge in [-0.15, -0.1) is 0 Å². The Kier molecular flexibility index (Phi) is 6.22. The summed E-state index contributed by atoms with van der Waals surface area (Å²) in [5, 5.41) is 9.07. The number of likely N-dealkylation sites (N-methyl/N-ethyl adjacent to an activating group) is 1. The van der Waals surface area contributed by atoms with Crippen molar-refractivity contribution in [3.63, 3.8) is 0 Å². The molecule has 0 heterocycles. The van der Waals surface area contributed by atoms with E-state index in [4.69, 9.17) is 14.7 Å². The molecule has 0 spiro atoms. The third kappa shape index (κ3) is 4.50. The summed E-state index contributed by atoms with van der Waals surface area (Å²) in [6.07, 6.45) is 0. The van der Waals surface area contributed by atoms with E-state index in [9.17, 15) is 0 Å². The van der Waals surface area contributed by atoms with Crippen LogP contribution < -0.4 is 9.47 Å². The third-order valence-corrected chi connectivity index (χ3v) is 3.91. The quantitative estimate of drug-likeness (QED) is 0.779. The lowest BCUT2D eigenvalue weighted by Crippen LogP contribution is -2.24. The molecule has 0 radical (unpaired) electrons. The fourth-order valence-electron chi connectivity index (χ4n) is 2.84. The number of rotatable bonds is 7. The van der Waals surface area contributed by atoms with Crippen LogP contribution in [0, 0.1) is 25.2 Å².